The third-order valence-electron chi connectivity index (χ3n) is 4.47. The molecule has 0 spiro atoms. The van der Waals surface area contributed by atoms with Gasteiger partial charge in [-0.1, -0.05) is 11.3 Å². The summed E-state index contributed by atoms with van der Waals surface area (Å²) in [6.07, 6.45) is -3.73. The summed E-state index contributed by atoms with van der Waals surface area (Å²) in [7, 11) is -3.53. The standard InChI is InChI=1S/C18H21F3N4O4S2/c1-11(2)29-14-5-4-12(31(3,27)28)10-13(14)15(26)24-6-8-25(9-7-24)17-23-22-16(30-17)18(19,20)21/h4-5,10-11H,6-9H2,1-3H3. The maximum Gasteiger partial charge on any atom is 0.445 e. The van der Waals surface area contributed by atoms with Gasteiger partial charge in [0.1, 0.15) is 5.75 Å². The van der Waals surface area contributed by atoms with Gasteiger partial charge in [-0.15, -0.1) is 10.2 Å². The molecule has 2 aromatic rings. The van der Waals surface area contributed by atoms with E-state index >= 15 is 0 Å². The van der Waals surface area contributed by atoms with Gasteiger partial charge in [0.25, 0.3) is 5.91 Å². The molecule has 0 unspecified atom stereocenters. The lowest BCUT2D eigenvalue weighted by atomic mass is 10.1. The van der Waals surface area contributed by atoms with Gasteiger partial charge in [0.05, 0.1) is 16.6 Å². The molecule has 0 atom stereocenters. The van der Waals surface area contributed by atoms with Crippen molar-refractivity contribution in [2.75, 3.05) is 37.3 Å². The number of alkyl halides is 3. The van der Waals surface area contributed by atoms with E-state index in [4.69, 9.17) is 4.74 Å². The first-order chi connectivity index (χ1) is 14.4. The molecule has 3 rings (SSSR count). The van der Waals surface area contributed by atoms with Gasteiger partial charge in [0.2, 0.25) is 10.1 Å². The largest absolute Gasteiger partial charge is 0.490 e. The zero-order valence-corrected chi connectivity index (χ0v) is 18.6. The summed E-state index contributed by atoms with van der Waals surface area (Å²) in [4.78, 5) is 16.3. The molecule has 8 nitrogen and oxygen atoms in total. The minimum absolute atomic E-state index is 0.000804. The van der Waals surface area contributed by atoms with Crippen LogP contribution in [0.1, 0.15) is 29.2 Å². The summed E-state index contributed by atoms with van der Waals surface area (Å²) in [5.41, 5.74) is 0.125. The number of nitrogens with zero attached hydrogens (tertiary/aromatic N) is 4. The summed E-state index contributed by atoms with van der Waals surface area (Å²) in [5.74, 6) is -0.136. The average molecular weight is 479 g/mol. The van der Waals surface area contributed by atoms with Gasteiger partial charge in [-0.25, -0.2) is 8.42 Å². The first-order valence-corrected chi connectivity index (χ1v) is 12.0. The Labute approximate surface area is 181 Å². The molecule has 0 saturated carbocycles. The Bertz CT molecular complexity index is 1060. The number of hydrogen-bond donors (Lipinski definition) is 0. The average Bonchev–Trinajstić information content (AvgIpc) is 3.17. The van der Waals surface area contributed by atoms with Crippen LogP contribution in [0.4, 0.5) is 18.3 Å². The van der Waals surface area contributed by atoms with E-state index in [1.807, 2.05) is 0 Å². The van der Waals surface area contributed by atoms with Gasteiger partial charge >= 0.3 is 6.18 Å². The normalized spacial score (nSPS) is 15.5. The van der Waals surface area contributed by atoms with Crippen molar-refractivity contribution < 1.29 is 31.1 Å². The Morgan fingerprint density at radius 2 is 1.81 bits per heavy atom. The number of benzene rings is 1. The van der Waals surface area contributed by atoms with Crippen molar-refractivity contribution in [1.82, 2.24) is 15.1 Å². The smallest absolute Gasteiger partial charge is 0.445 e. The van der Waals surface area contributed by atoms with Crippen molar-refractivity contribution in [3.8, 4) is 5.75 Å². The molecular weight excluding hydrogens is 457 g/mol. The minimum atomic E-state index is -4.55. The lowest BCUT2D eigenvalue weighted by Crippen LogP contribution is -2.48. The Morgan fingerprint density at radius 1 is 1.16 bits per heavy atom. The van der Waals surface area contributed by atoms with E-state index in [2.05, 4.69) is 10.2 Å². The molecule has 0 N–H and O–H groups in total. The fourth-order valence-electron chi connectivity index (χ4n) is 2.99. The summed E-state index contributed by atoms with van der Waals surface area (Å²) in [5, 5.41) is 5.91. The molecule has 31 heavy (non-hydrogen) atoms. The highest BCUT2D eigenvalue weighted by Gasteiger charge is 2.36. The second-order valence-corrected chi connectivity index (χ2v) is 10.2. The summed E-state index contributed by atoms with van der Waals surface area (Å²) in [6.45, 7) is 4.56. The van der Waals surface area contributed by atoms with Crippen LogP contribution in [0.2, 0.25) is 0 Å². The van der Waals surface area contributed by atoms with Crippen molar-refractivity contribution in [3.05, 3.63) is 28.8 Å². The van der Waals surface area contributed by atoms with Gasteiger partial charge in [0.15, 0.2) is 9.84 Å². The van der Waals surface area contributed by atoms with Crippen molar-refractivity contribution in [2.45, 2.75) is 31.0 Å². The molecule has 170 valence electrons. The number of amides is 1. The van der Waals surface area contributed by atoms with Crippen molar-refractivity contribution in [2.24, 2.45) is 0 Å². The monoisotopic (exact) mass is 478 g/mol. The molecule has 0 radical (unpaired) electrons. The quantitative estimate of drug-likeness (QED) is 0.652. The highest BCUT2D eigenvalue weighted by atomic mass is 32.2. The number of rotatable bonds is 5. The third kappa shape index (κ3) is 5.45. The van der Waals surface area contributed by atoms with E-state index < -0.39 is 26.9 Å². The van der Waals surface area contributed by atoms with Crippen LogP contribution in [-0.4, -0.2) is 68.0 Å². The van der Waals surface area contributed by atoms with Crippen LogP contribution in [0.25, 0.3) is 0 Å². The summed E-state index contributed by atoms with van der Waals surface area (Å²) in [6, 6.07) is 4.14. The number of hydrogen-bond acceptors (Lipinski definition) is 8. The van der Waals surface area contributed by atoms with E-state index in [1.54, 1.807) is 18.7 Å². The molecule has 1 aromatic heterocycles. The van der Waals surface area contributed by atoms with Crippen LogP contribution in [0.5, 0.6) is 5.75 Å². The second-order valence-electron chi connectivity index (χ2n) is 7.26. The Morgan fingerprint density at radius 3 is 2.32 bits per heavy atom. The zero-order chi connectivity index (χ0) is 23.0. The molecular formula is C18H21F3N4O4S2. The van der Waals surface area contributed by atoms with Gasteiger partial charge in [-0.05, 0) is 32.0 Å². The van der Waals surface area contributed by atoms with Crippen LogP contribution >= 0.6 is 11.3 Å². The molecule has 1 saturated heterocycles. The van der Waals surface area contributed by atoms with E-state index in [0.717, 1.165) is 6.26 Å². The Hall–Kier alpha value is -2.41. The Balaban J connectivity index is 1.77. The lowest BCUT2D eigenvalue weighted by Gasteiger charge is -2.34. The highest BCUT2D eigenvalue weighted by molar-refractivity contribution is 7.90. The predicted octanol–water partition coefficient (Wildman–Crippen LogP) is 2.71. The van der Waals surface area contributed by atoms with Gasteiger partial charge < -0.3 is 14.5 Å². The predicted molar refractivity (Wildman–Crippen MR) is 108 cm³/mol. The number of halogens is 3. The van der Waals surface area contributed by atoms with Gasteiger partial charge in [-0.2, -0.15) is 13.2 Å². The molecule has 1 aliphatic heterocycles. The van der Waals surface area contributed by atoms with E-state index in [-0.39, 0.29) is 53.6 Å². The fraction of sp³-hybridized carbons (Fsp3) is 0.500. The third-order valence-corrected chi connectivity index (χ3v) is 6.61. The van der Waals surface area contributed by atoms with Crippen LogP contribution in [-0.2, 0) is 16.0 Å². The molecule has 0 bridgehead atoms. The second kappa shape index (κ2) is 8.61. The number of carbonyl (C=O) groups is 1. The minimum Gasteiger partial charge on any atom is -0.490 e. The van der Waals surface area contributed by atoms with Gasteiger partial charge in [-0.3, -0.25) is 4.79 Å². The fourth-order valence-corrected chi connectivity index (χ4v) is 4.40. The van der Waals surface area contributed by atoms with Crippen LogP contribution < -0.4 is 9.64 Å². The van der Waals surface area contributed by atoms with Crippen LogP contribution in [0.3, 0.4) is 0 Å². The number of sulfone groups is 1. The highest BCUT2D eigenvalue weighted by Crippen LogP contribution is 2.34. The maximum absolute atomic E-state index is 13.1. The van der Waals surface area contributed by atoms with Crippen LogP contribution in [0, 0.1) is 0 Å². The molecule has 1 aliphatic rings. The molecule has 13 heteroatoms. The summed E-state index contributed by atoms with van der Waals surface area (Å²) < 4.78 is 67.8. The first kappa shape index (κ1) is 23.3. The number of anilines is 1. The van der Waals surface area contributed by atoms with E-state index in [9.17, 15) is 26.4 Å². The number of carbonyl (C=O) groups excluding carboxylic acids is 1. The van der Waals surface area contributed by atoms with Gasteiger partial charge in [0, 0.05) is 32.4 Å². The molecule has 1 fully saturated rings. The molecule has 1 aromatic carbocycles. The summed E-state index contributed by atoms with van der Waals surface area (Å²) >= 11 is 0.455. The zero-order valence-electron chi connectivity index (χ0n) is 17.0. The van der Waals surface area contributed by atoms with Crippen molar-refractivity contribution in [1.29, 1.82) is 0 Å². The van der Waals surface area contributed by atoms with E-state index in [0.29, 0.717) is 11.3 Å². The molecule has 1 amide bonds. The molecule has 0 aliphatic carbocycles. The topological polar surface area (TPSA) is 92.7 Å². The Kier molecular flexibility index (Phi) is 6.46. The lowest BCUT2D eigenvalue weighted by molar-refractivity contribution is -0.138. The van der Waals surface area contributed by atoms with E-state index in [1.165, 1.54) is 23.1 Å². The maximum atomic E-state index is 13.1. The molecule has 2 heterocycles. The number of piperazine rings is 1. The van der Waals surface area contributed by atoms with Crippen LogP contribution in [0.15, 0.2) is 23.1 Å². The first-order valence-electron chi connectivity index (χ1n) is 9.32. The SMILES string of the molecule is CC(C)Oc1ccc(S(C)(=O)=O)cc1C(=O)N1CCN(c2nnc(C(F)(F)F)s2)CC1. The van der Waals surface area contributed by atoms with Crippen molar-refractivity contribution >= 4 is 32.2 Å². The number of aromatic nitrogens is 2. The number of ether oxygens (including phenoxy) is 1. The van der Waals surface area contributed by atoms with Crippen molar-refractivity contribution in [3.63, 3.8) is 0 Å².